The number of hydrogen-bond acceptors (Lipinski definition) is 3. The smallest absolute Gasteiger partial charge is 0.337 e. The molecule has 0 amide bonds. The highest BCUT2D eigenvalue weighted by molar-refractivity contribution is 6.30. The minimum atomic E-state index is -1.15. The van der Waals surface area contributed by atoms with Gasteiger partial charge in [-0.15, -0.1) is 0 Å². The molecule has 2 aromatic heterocycles. The van der Waals surface area contributed by atoms with Crippen LogP contribution < -0.4 is 0 Å². The zero-order valence-electron chi connectivity index (χ0n) is 22.9. The number of carboxylic acid groups (broad SMARTS) is 1. The van der Waals surface area contributed by atoms with Crippen LogP contribution in [0.5, 0.6) is 0 Å². The van der Waals surface area contributed by atoms with Gasteiger partial charge in [0.25, 0.3) is 0 Å². The van der Waals surface area contributed by atoms with Crippen LogP contribution in [0.1, 0.15) is 83.5 Å². The van der Waals surface area contributed by atoms with Gasteiger partial charge in [-0.1, -0.05) is 51.4 Å². The molecule has 0 bridgehead atoms. The monoisotopic (exact) mass is 500 g/mol. The first-order chi connectivity index (χ1) is 16.3. The van der Waals surface area contributed by atoms with E-state index in [1.165, 1.54) is 0 Å². The van der Waals surface area contributed by atoms with Crippen LogP contribution in [-0.4, -0.2) is 26.2 Å². The summed E-state index contributed by atoms with van der Waals surface area (Å²) in [7, 11) is 0. The number of aryl methyl sites for hydroxylation is 3. The summed E-state index contributed by atoms with van der Waals surface area (Å²) in [5, 5.41) is 11.8. The zero-order valence-corrected chi connectivity index (χ0v) is 23.7. The van der Waals surface area contributed by atoms with E-state index < -0.39 is 17.7 Å². The van der Waals surface area contributed by atoms with Gasteiger partial charge in [0, 0.05) is 39.5 Å². The third-order valence-electron chi connectivity index (χ3n) is 6.01. The molecule has 0 saturated carbocycles. The summed E-state index contributed by atoms with van der Waals surface area (Å²) in [6.45, 7) is 21.0. The van der Waals surface area contributed by atoms with E-state index in [-0.39, 0.29) is 0 Å². The third-order valence-corrected chi connectivity index (χ3v) is 6.26. The van der Waals surface area contributed by atoms with Crippen molar-refractivity contribution in [1.29, 1.82) is 0 Å². The molecule has 0 fully saturated rings. The number of carbonyl (C=O) groups is 1. The number of rotatable bonds is 7. The van der Waals surface area contributed by atoms with Gasteiger partial charge in [-0.05, 0) is 77.1 Å². The average molecular weight is 501 g/mol. The van der Waals surface area contributed by atoms with Crippen LogP contribution in [0.2, 0.25) is 5.02 Å². The van der Waals surface area contributed by atoms with Crippen molar-refractivity contribution < 1.29 is 14.6 Å². The van der Waals surface area contributed by atoms with Gasteiger partial charge in [-0.3, -0.25) is 0 Å². The van der Waals surface area contributed by atoms with Crippen molar-refractivity contribution in [2.75, 3.05) is 0 Å². The van der Waals surface area contributed by atoms with Crippen molar-refractivity contribution in [3.05, 3.63) is 51.8 Å². The molecule has 2 heterocycles. The molecule has 1 N–H and O–H groups in total. The predicted molar refractivity (Wildman–Crippen MR) is 146 cm³/mol. The molecule has 0 aliphatic carbocycles. The van der Waals surface area contributed by atoms with Gasteiger partial charge in [0.2, 0.25) is 0 Å². The van der Waals surface area contributed by atoms with Crippen molar-refractivity contribution in [3.8, 4) is 11.1 Å². The number of fused-ring (bicyclic) bond motifs is 1. The Morgan fingerprint density at radius 1 is 1.11 bits per heavy atom. The highest BCUT2D eigenvalue weighted by atomic mass is 35.5. The number of nitrogens with zero attached hydrogens (tertiary/aromatic N) is 2. The fourth-order valence-electron chi connectivity index (χ4n) is 4.28. The summed E-state index contributed by atoms with van der Waals surface area (Å²) in [5.41, 5.74) is 5.50. The van der Waals surface area contributed by atoms with E-state index in [0.717, 1.165) is 46.4 Å². The van der Waals surface area contributed by atoms with Gasteiger partial charge in [-0.2, -0.15) is 0 Å². The van der Waals surface area contributed by atoms with E-state index in [9.17, 15) is 9.90 Å². The SMILES string of the molecule is CC.Cc1nc2c(c(C)c(C)n2CCC(C)C)c(-c2ccc(Cl)cc2)c1C(OC(C)(C)C)C(=O)O. The largest absolute Gasteiger partial charge is 0.479 e. The lowest BCUT2D eigenvalue weighted by molar-refractivity contribution is -0.160. The Balaban J connectivity index is 0.00000210. The Morgan fingerprint density at radius 3 is 2.17 bits per heavy atom. The van der Waals surface area contributed by atoms with Crippen LogP contribution in [0.25, 0.3) is 22.2 Å². The second kappa shape index (κ2) is 11.6. The molecule has 0 aliphatic heterocycles. The first-order valence-corrected chi connectivity index (χ1v) is 12.9. The molecule has 1 aromatic carbocycles. The highest BCUT2D eigenvalue weighted by Crippen LogP contribution is 2.42. The van der Waals surface area contributed by atoms with E-state index >= 15 is 0 Å². The Hall–Kier alpha value is -2.37. The highest BCUT2D eigenvalue weighted by Gasteiger charge is 2.33. The number of pyridine rings is 1. The number of aliphatic carboxylic acids is 1. The molecule has 0 radical (unpaired) electrons. The number of benzene rings is 1. The number of aromatic nitrogens is 2. The van der Waals surface area contributed by atoms with Gasteiger partial charge in [0.05, 0.1) is 5.60 Å². The standard InChI is InChI=1S/C27H35ClN2O3.C2H6/c1-15(2)13-14-30-18(5)16(3)21-23(19-9-11-20(28)12-10-19)22(17(4)29-25(21)30)24(26(31)32)33-27(6,7)8;1-2/h9-12,15,24H,13-14H2,1-8H3,(H,31,32);1-2H3. The van der Waals surface area contributed by atoms with E-state index in [2.05, 4.69) is 32.3 Å². The maximum atomic E-state index is 12.5. The summed E-state index contributed by atoms with van der Waals surface area (Å²) in [6, 6.07) is 7.55. The summed E-state index contributed by atoms with van der Waals surface area (Å²) < 4.78 is 8.35. The van der Waals surface area contributed by atoms with E-state index in [1.807, 2.05) is 65.8 Å². The first kappa shape index (κ1) is 28.9. The van der Waals surface area contributed by atoms with Gasteiger partial charge >= 0.3 is 5.97 Å². The van der Waals surface area contributed by atoms with E-state index in [0.29, 0.717) is 22.2 Å². The van der Waals surface area contributed by atoms with Crippen LogP contribution in [0.4, 0.5) is 0 Å². The Labute approximate surface area is 215 Å². The third kappa shape index (κ3) is 6.45. The normalized spacial score (nSPS) is 12.6. The summed E-state index contributed by atoms with van der Waals surface area (Å²) in [6.07, 6.45) is -0.112. The van der Waals surface area contributed by atoms with Gasteiger partial charge in [-0.25, -0.2) is 9.78 Å². The number of ether oxygens (including phenoxy) is 1. The molecule has 5 nitrogen and oxygen atoms in total. The van der Waals surface area contributed by atoms with Crippen molar-refractivity contribution in [1.82, 2.24) is 9.55 Å². The van der Waals surface area contributed by atoms with E-state index in [1.54, 1.807) is 0 Å². The predicted octanol–water partition coefficient (Wildman–Crippen LogP) is 8.30. The minimum Gasteiger partial charge on any atom is -0.479 e. The second-order valence-corrected chi connectivity index (χ2v) is 10.6. The molecule has 192 valence electrons. The lowest BCUT2D eigenvalue weighted by Crippen LogP contribution is -2.28. The topological polar surface area (TPSA) is 64.4 Å². The summed E-state index contributed by atoms with van der Waals surface area (Å²) in [4.78, 5) is 17.4. The van der Waals surface area contributed by atoms with Crippen LogP contribution in [0.15, 0.2) is 24.3 Å². The lowest BCUT2D eigenvalue weighted by atomic mass is 9.91. The molecule has 3 rings (SSSR count). The maximum Gasteiger partial charge on any atom is 0.337 e. The van der Waals surface area contributed by atoms with Crippen molar-refractivity contribution in [2.24, 2.45) is 5.92 Å². The average Bonchev–Trinajstić information content (AvgIpc) is 3.00. The quantitative estimate of drug-likeness (QED) is 0.354. The van der Waals surface area contributed by atoms with Gasteiger partial charge in [0.1, 0.15) is 5.65 Å². The number of carboxylic acids is 1. The molecular formula is C29H41ClN2O3. The fourth-order valence-corrected chi connectivity index (χ4v) is 4.41. The summed E-state index contributed by atoms with van der Waals surface area (Å²) >= 11 is 6.18. The molecule has 35 heavy (non-hydrogen) atoms. The number of halogens is 1. The van der Waals surface area contributed by atoms with Crippen LogP contribution >= 0.6 is 11.6 Å². The first-order valence-electron chi connectivity index (χ1n) is 12.5. The van der Waals surface area contributed by atoms with Crippen LogP contribution in [-0.2, 0) is 16.1 Å². The molecule has 0 aliphatic rings. The van der Waals surface area contributed by atoms with Crippen molar-refractivity contribution in [3.63, 3.8) is 0 Å². The molecule has 1 atom stereocenters. The molecular weight excluding hydrogens is 460 g/mol. The number of hydrogen-bond donors (Lipinski definition) is 1. The fraction of sp³-hybridized carbons (Fsp3) is 0.517. The van der Waals surface area contributed by atoms with E-state index in [4.69, 9.17) is 21.3 Å². The van der Waals surface area contributed by atoms with Crippen LogP contribution in [0, 0.1) is 26.7 Å². The Kier molecular flexibility index (Phi) is 9.55. The molecule has 0 spiro atoms. The Bertz CT molecular complexity index is 1170. The van der Waals surface area contributed by atoms with Crippen molar-refractivity contribution in [2.45, 2.75) is 93.9 Å². The van der Waals surface area contributed by atoms with Gasteiger partial charge < -0.3 is 14.4 Å². The van der Waals surface area contributed by atoms with Crippen molar-refractivity contribution >= 4 is 28.6 Å². The maximum absolute atomic E-state index is 12.5. The molecule has 0 saturated heterocycles. The second-order valence-electron chi connectivity index (χ2n) is 10.2. The lowest BCUT2D eigenvalue weighted by Gasteiger charge is -2.28. The molecule has 1 unspecified atom stereocenters. The Morgan fingerprint density at radius 2 is 1.69 bits per heavy atom. The zero-order chi connectivity index (χ0) is 26.7. The molecule has 3 aromatic rings. The van der Waals surface area contributed by atoms with Gasteiger partial charge in [0.15, 0.2) is 6.10 Å². The minimum absolute atomic E-state index is 0.565. The summed E-state index contributed by atoms with van der Waals surface area (Å²) in [5.74, 6) is -0.465. The van der Waals surface area contributed by atoms with Crippen LogP contribution in [0.3, 0.4) is 0 Å². The molecule has 6 heteroatoms.